The van der Waals surface area contributed by atoms with Crippen molar-refractivity contribution in [3.8, 4) is 5.75 Å². The quantitative estimate of drug-likeness (QED) is 0.684. The second-order valence-corrected chi connectivity index (χ2v) is 4.99. The number of aliphatic carboxylic acids is 1. The molecule has 0 saturated carbocycles. The van der Waals surface area contributed by atoms with E-state index in [1.54, 1.807) is 25.3 Å². The predicted octanol–water partition coefficient (Wildman–Crippen LogP) is 2.42. The van der Waals surface area contributed by atoms with E-state index in [9.17, 15) is 9.59 Å². The van der Waals surface area contributed by atoms with Crippen LogP contribution in [0.3, 0.4) is 0 Å². The van der Waals surface area contributed by atoms with E-state index in [1.807, 2.05) is 13.8 Å². The highest BCUT2D eigenvalue weighted by Crippen LogP contribution is 2.20. The first kappa shape index (κ1) is 17.2. The minimum atomic E-state index is -0.892. The molecule has 0 aromatic heterocycles. The molecule has 1 aromatic rings. The van der Waals surface area contributed by atoms with Gasteiger partial charge >= 0.3 is 5.97 Å². The molecule has 0 fully saturated rings. The Balaban J connectivity index is 2.87. The molecule has 2 N–H and O–H groups in total. The number of carbonyl (C=O) groups is 2. The molecule has 0 aliphatic carbocycles. The van der Waals surface area contributed by atoms with Gasteiger partial charge in [-0.25, -0.2) is 0 Å². The fraction of sp³-hybridized carbons (Fsp3) is 0.500. The number of benzene rings is 1. The first-order valence-electron chi connectivity index (χ1n) is 7.13. The number of Topliss-reactive ketones (excluding diaryl/α,β-unsaturated/α-hetero) is 1. The van der Waals surface area contributed by atoms with E-state index in [-0.39, 0.29) is 12.2 Å². The molecule has 1 rings (SSSR count). The summed E-state index contributed by atoms with van der Waals surface area (Å²) in [5, 5.41) is 11.9. The van der Waals surface area contributed by atoms with Crippen LogP contribution >= 0.6 is 0 Å². The van der Waals surface area contributed by atoms with Crippen LogP contribution < -0.4 is 10.1 Å². The highest BCUT2D eigenvalue weighted by Gasteiger charge is 2.20. The van der Waals surface area contributed by atoms with Crippen LogP contribution in [0.25, 0.3) is 0 Å². The molecule has 1 aromatic carbocycles. The molecule has 0 spiro atoms. The Bertz CT molecular complexity index is 499. The van der Waals surface area contributed by atoms with Crippen LogP contribution in [0, 0.1) is 6.92 Å². The van der Waals surface area contributed by atoms with Crippen molar-refractivity contribution in [3.63, 3.8) is 0 Å². The van der Waals surface area contributed by atoms with Crippen LogP contribution in [0.2, 0.25) is 0 Å². The molecule has 5 heteroatoms. The van der Waals surface area contributed by atoms with Gasteiger partial charge in [-0.3, -0.25) is 9.59 Å². The molecule has 5 nitrogen and oxygen atoms in total. The number of methoxy groups -OCH3 is 1. The minimum Gasteiger partial charge on any atom is -0.496 e. The fourth-order valence-corrected chi connectivity index (χ4v) is 2.15. The van der Waals surface area contributed by atoms with Crippen molar-refractivity contribution in [1.82, 2.24) is 5.32 Å². The maximum Gasteiger partial charge on any atom is 0.303 e. The van der Waals surface area contributed by atoms with Crippen LogP contribution in [0.5, 0.6) is 5.75 Å². The maximum absolute atomic E-state index is 12.5. The van der Waals surface area contributed by atoms with Crippen LogP contribution in [-0.4, -0.2) is 36.6 Å². The van der Waals surface area contributed by atoms with Gasteiger partial charge in [-0.15, -0.1) is 0 Å². The Morgan fingerprint density at radius 2 is 2.10 bits per heavy atom. The number of ketones is 1. The molecule has 0 aliphatic rings. The number of carboxylic acid groups (broad SMARTS) is 1. The predicted molar refractivity (Wildman–Crippen MR) is 81.0 cm³/mol. The number of ether oxygens (including phenoxy) is 1. The van der Waals surface area contributed by atoms with Crippen molar-refractivity contribution in [2.45, 2.75) is 39.2 Å². The summed E-state index contributed by atoms with van der Waals surface area (Å²) in [6.45, 7) is 4.57. The lowest BCUT2D eigenvalue weighted by atomic mass is 9.98. The third kappa shape index (κ3) is 5.19. The Hall–Kier alpha value is -1.88. The number of aryl methyl sites for hydroxylation is 1. The van der Waals surface area contributed by atoms with Gasteiger partial charge in [0.25, 0.3) is 0 Å². The highest BCUT2D eigenvalue weighted by atomic mass is 16.5. The molecule has 0 aliphatic heterocycles. The molecule has 1 unspecified atom stereocenters. The second-order valence-electron chi connectivity index (χ2n) is 4.99. The van der Waals surface area contributed by atoms with Crippen LogP contribution in [0.4, 0.5) is 0 Å². The molecular weight excluding hydrogens is 270 g/mol. The van der Waals surface area contributed by atoms with Crippen molar-refractivity contribution in [2.75, 3.05) is 13.7 Å². The average molecular weight is 293 g/mol. The largest absolute Gasteiger partial charge is 0.496 e. The van der Waals surface area contributed by atoms with E-state index >= 15 is 0 Å². The molecule has 116 valence electrons. The molecule has 0 bridgehead atoms. The van der Waals surface area contributed by atoms with Crippen molar-refractivity contribution in [2.24, 2.45) is 0 Å². The minimum absolute atomic E-state index is 0.0255. The van der Waals surface area contributed by atoms with Gasteiger partial charge in [-0.1, -0.05) is 6.92 Å². The third-order valence-electron chi connectivity index (χ3n) is 3.28. The fourth-order valence-electron chi connectivity index (χ4n) is 2.15. The van der Waals surface area contributed by atoms with Crippen molar-refractivity contribution < 1.29 is 19.4 Å². The summed E-state index contributed by atoms with van der Waals surface area (Å²) < 4.78 is 5.18. The van der Waals surface area contributed by atoms with Gasteiger partial charge in [0, 0.05) is 12.0 Å². The van der Waals surface area contributed by atoms with E-state index in [2.05, 4.69) is 5.32 Å². The summed E-state index contributed by atoms with van der Waals surface area (Å²) in [6.07, 6.45) is 1.15. The third-order valence-corrected chi connectivity index (χ3v) is 3.28. The van der Waals surface area contributed by atoms with Gasteiger partial charge in [0.1, 0.15) is 5.75 Å². The smallest absolute Gasteiger partial charge is 0.303 e. The van der Waals surface area contributed by atoms with Crippen LogP contribution in [-0.2, 0) is 4.79 Å². The maximum atomic E-state index is 12.5. The molecule has 21 heavy (non-hydrogen) atoms. The molecule has 0 amide bonds. The summed E-state index contributed by atoms with van der Waals surface area (Å²) >= 11 is 0. The van der Waals surface area contributed by atoms with E-state index in [0.717, 1.165) is 17.7 Å². The first-order valence-corrected chi connectivity index (χ1v) is 7.13. The zero-order valence-electron chi connectivity index (χ0n) is 12.8. The van der Waals surface area contributed by atoms with Gasteiger partial charge in [0.2, 0.25) is 0 Å². The molecular formula is C16H23NO4. The Labute approximate surface area is 125 Å². The lowest BCUT2D eigenvalue weighted by Gasteiger charge is -2.17. The number of hydrogen-bond donors (Lipinski definition) is 2. The summed E-state index contributed by atoms with van der Waals surface area (Å²) in [4.78, 5) is 23.2. The zero-order valence-corrected chi connectivity index (χ0v) is 12.8. The molecule has 1 atom stereocenters. The summed E-state index contributed by atoms with van der Waals surface area (Å²) in [6, 6.07) is 4.79. The number of rotatable bonds is 9. The van der Waals surface area contributed by atoms with E-state index < -0.39 is 12.0 Å². The number of carbonyl (C=O) groups excluding carboxylic acids is 1. The second kappa shape index (κ2) is 8.42. The standard InChI is InChI=1S/C16H23NO4/c1-4-9-17-13(6-8-15(18)19)16(20)12-5-7-14(21-3)11(2)10-12/h5,7,10,13,17H,4,6,8-9H2,1-3H3,(H,18,19). The Morgan fingerprint density at radius 3 is 2.62 bits per heavy atom. The monoisotopic (exact) mass is 293 g/mol. The normalized spacial score (nSPS) is 12.0. The first-order chi connectivity index (χ1) is 9.99. The van der Waals surface area contributed by atoms with Gasteiger partial charge in [-0.05, 0) is 50.1 Å². The number of hydrogen-bond acceptors (Lipinski definition) is 4. The summed E-state index contributed by atoms with van der Waals surface area (Å²) in [5.41, 5.74) is 1.46. The van der Waals surface area contributed by atoms with Crippen molar-refractivity contribution in [3.05, 3.63) is 29.3 Å². The van der Waals surface area contributed by atoms with Crippen LogP contribution in [0.15, 0.2) is 18.2 Å². The number of nitrogens with one attached hydrogen (secondary N) is 1. The highest BCUT2D eigenvalue weighted by molar-refractivity contribution is 6.00. The van der Waals surface area contributed by atoms with Gasteiger partial charge in [0.05, 0.1) is 13.2 Å². The Morgan fingerprint density at radius 1 is 1.38 bits per heavy atom. The average Bonchev–Trinajstić information content (AvgIpc) is 2.46. The molecule has 0 heterocycles. The SMILES string of the molecule is CCCNC(CCC(=O)O)C(=O)c1ccc(OC)c(C)c1. The molecule has 0 radical (unpaired) electrons. The van der Waals surface area contributed by atoms with E-state index in [0.29, 0.717) is 18.5 Å². The van der Waals surface area contributed by atoms with E-state index in [1.165, 1.54) is 0 Å². The van der Waals surface area contributed by atoms with Gasteiger partial charge < -0.3 is 15.2 Å². The summed E-state index contributed by atoms with van der Waals surface area (Å²) in [7, 11) is 1.59. The van der Waals surface area contributed by atoms with Gasteiger partial charge in [-0.2, -0.15) is 0 Å². The zero-order chi connectivity index (χ0) is 15.8. The molecule has 0 saturated heterocycles. The number of carboxylic acids is 1. The lowest BCUT2D eigenvalue weighted by molar-refractivity contribution is -0.137. The van der Waals surface area contributed by atoms with Crippen molar-refractivity contribution >= 4 is 11.8 Å². The summed E-state index contributed by atoms with van der Waals surface area (Å²) in [5.74, 6) is -0.234. The Kier molecular flexibility index (Phi) is 6.88. The lowest BCUT2D eigenvalue weighted by Crippen LogP contribution is -2.37. The van der Waals surface area contributed by atoms with Gasteiger partial charge in [0.15, 0.2) is 5.78 Å². The van der Waals surface area contributed by atoms with Crippen molar-refractivity contribution in [1.29, 1.82) is 0 Å². The van der Waals surface area contributed by atoms with E-state index in [4.69, 9.17) is 9.84 Å². The van der Waals surface area contributed by atoms with Crippen LogP contribution in [0.1, 0.15) is 42.1 Å². The topological polar surface area (TPSA) is 75.6 Å².